The molecule has 1 aliphatic rings. The zero-order valence-electron chi connectivity index (χ0n) is 10.1. The van der Waals surface area contributed by atoms with E-state index in [4.69, 9.17) is 0 Å². The molecule has 0 aromatic heterocycles. The first-order valence-corrected chi connectivity index (χ1v) is 7.39. The van der Waals surface area contributed by atoms with Crippen LogP contribution in [0.5, 0.6) is 0 Å². The van der Waals surface area contributed by atoms with Gasteiger partial charge in [0.1, 0.15) is 0 Å². The van der Waals surface area contributed by atoms with Gasteiger partial charge in [0, 0.05) is 7.92 Å². The minimum atomic E-state index is -6.00. The van der Waals surface area contributed by atoms with E-state index in [2.05, 4.69) is 32.9 Å². The van der Waals surface area contributed by atoms with E-state index in [0.29, 0.717) is 5.16 Å². The van der Waals surface area contributed by atoms with Crippen molar-refractivity contribution in [2.75, 3.05) is 12.3 Å². The Kier molecular flexibility index (Phi) is 6.61. The molecule has 0 nitrogen and oxygen atoms in total. The summed E-state index contributed by atoms with van der Waals surface area (Å²) in [6.45, 7) is 7.23. The molecular formula is C10H20BF4P. The molecule has 0 fully saturated rings. The van der Waals surface area contributed by atoms with Crippen molar-refractivity contribution in [3.8, 4) is 0 Å². The lowest BCUT2D eigenvalue weighted by molar-refractivity contribution is 0.368. The van der Waals surface area contributed by atoms with E-state index < -0.39 is 7.25 Å². The Bertz CT molecular complexity index is 204. The number of halogens is 4. The van der Waals surface area contributed by atoms with Crippen molar-refractivity contribution < 1.29 is 17.3 Å². The summed E-state index contributed by atoms with van der Waals surface area (Å²) in [7, 11) is -6.06. The molecule has 0 spiro atoms. The summed E-state index contributed by atoms with van der Waals surface area (Å²) in [5, 5.41) is 0.622. The number of allylic oxidation sites excluding steroid dienone is 2. The van der Waals surface area contributed by atoms with Gasteiger partial charge >= 0.3 is 7.25 Å². The molecule has 0 N–H and O–H groups in total. The van der Waals surface area contributed by atoms with Gasteiger partial charge in [-0.25, -0.2) is 0 Å². The van der Waals surface area contributed by atoms with Crippen LogP contribution >= 0.6 is 7.92 Å². The molecule has 0 amide bonds. The summed E-state index contributed by atoms with van der Waals surface area (Å²) >= 11 is 0. The van der Waals surface area contributed by atoms with E-state index in [9.17, 15) is 17.3 Å². The molecule has 1 rings (SSSR count). The third-order valence-corrected chi connectivity index (χ3v) is 6.36. The summed E-state index contributed by atoms with van der Waals surface area (Å²) in [6, 6.07) is 0. The van der Waals surface area contributed by atoms with E-state index in [1.165, 1.54) is 25.2 Å². The van der Waals surface area contributed by atoms with Crippen LogP contribution in [0, 0.1) is 0 Å². The average Bonchev–Trinajstić information content (AvgIpc) is 2.25. The van der Waals surface area contributed by atoms with Gasteiger partial charge < -0.3 is 17.3 Å². The molecule has 1 heterocycles. The predicted octanol–water partition coefficient (Wildman–Crippen LogP) is 4.65. The van der Waals surface area contributed by atoms with Gasteiger partial charge in [0.2, 0.25) is 0 Å². The molecule has 0 aromatic rings. The number of hydrogen-bond acceptors (Lipinski definition) is 0. The first kappa shape index (κ1) is 16.0. The van der Waals surface area contributed by atoms with Crippen LogP contribution in [-0.4, -0.2) is 24.7 Å². The van der Waals surface area contributed by atoms with Gasteiger partial charge in [0.15, 0.2) is 0 Å². The van der Waals surface area contributed by atoms with Crippen molar-refractivity contribution in [3.05, 3.63) is 12.2 Å². The molecule has 0 radical (unpaired) electrons. The van der Waals surface area contributed by atoms with Crippen LogP contribution in [0.1, 0.15) is 33.6 Å². The fourth-order valence-electron chi connectivity index (χ4n) is 1.63. The molecule has 0 saturated carbocycles. The minimum absolute atomic E-state index is 0.0620. The van der Waals surface area contributed by atoms with Crippen molar-refractivity contribution >= 4 is 15.2 Å². The quantitative estimate of drug-likeness (QED) is 0.257. The van der Waals surface area contributed by atoms with E-state index in [-0.39, 0.29) is 7.92 Å². The van der Waals surface area contributed by atoms with Crippen molar-refractivity contribution in [2.45, 2.75) is 38.8 Å². The van der Waals surface area contributed by atoms with E-state index in [1.807, 2.05) is 0 Å². The first-order valence-electron chi connectivity index (χ1n) is 5.48. The lowest BCUT2D eigenvalue weighted by Crippen LogP contribution is -2.14. The standard InChI is InChI=1S/C10H19P.BF4/c1-10(2,3)11-8-6-4-5-7-9-11;2-1(3,4)5/h4-5H,6-9H2,1-3H3;/q;-1/p+1. The van der Waals surface area contributed by atoms with E-state index >= 15 is 0 Å². The van der Waals surface area contributed by atoms with Crippen LogP contribution in [-0.2, 0) is 0 Å². The van der Waals surface area contributed by atoms with E-state index in [0.717, 1.165) is 0 Å². The molecule has 1 aliphatic heterocycles. The third-order valence-electron chi connectivity index (χ3n) is 2.45. The molecule has 96 valence electrons. The van der Waals surface area contributed by atoms with Crippen molar-refractivity contribution in [3.63, 3.8) is 0 Å². The topological polar surface area (TPSA) is 0 Å². The second-order valence-electron chi connectivity index (χ2n) is 4.90. The fourth-order valence-corrected chi connectivity index (χ4v) is 4.41. The maximum absolute atomic E-state index is 9.75. The SMILES string of the molecule is CC(C)(C)[PH+]1CCC=CCC1.F[B-](F)(F)F. The molecule has 0 unspecified atom stereocenters. The van der Waals surface area contributed by atoms with E-state index in [1.54, 1.807) is 0 Å². The van der Waals surface area contributed by atoms with Gasteiger partial charge in [-0.2, -0.15) is 0 Å². The highest BCUT2D eigenvalue weighted by Crippen LogP contribution is 2.50. The maximum Gasteiger partial charge on any atom is 0.673 e. The smallest absolute Gasteiger partial charge is 0.418 e. The fraction of sp³-hybridized carbons (Fsp3) is 0.800. The molecular weight excluding hydrogens is 238 g/mol. The summed E-state index contributed by atoms with van der Waals surface area (Å²) < 4.78 is 39.0. The maximum atomic E-state index is 9.75. The van der Waals surface area contributed by atoms with Crippen LogP contribution in [0.4, 0.5) is 17.3 Å². The second-order valence-corrected chi connectivity index (χ2v) is 8.60. The zero-order valence-corrected chi connectivity index (χ0v) is 11.1. The van der Waals surface area contributed by atoms with Crippen LogP contribution in [0.2, 0.25) is 0 Å². The number of rotatable bonds is 0. The normalized spacial score (nSPS) is 18.7. The molecule has 0 atom stereocenters. The Morgan fingerprint density at radius 3 is 1.50 bits per heavy atom. The van der Waals surface area contributed by atoms with Crippen molar-refractivity contribution in [1.82, 2.24) is 0 Å². The summed E-state index contributed by atoms with van der Waals surface area (Å²) in [4.78, 5) is 0. The lowest BCUT2D eigenvalue weighted by atomic mass is 10.3. The molecule has 0 aromatic carbocycles. The van der Waals surface area contributed by atoms with Gasteiger partial charge in [-0.15, -0.1) is 0 Å². The lowest BCUT2D eigenvalue weighted by Gasteiger charge is -2.22. The largest absolute Gasteiger partial charge is 0.673 e. The van der Waals surface area contributed by atoms with Gasteiger partial charge in [-0.05, 0) is 33.6 Å². The summed E-state index contributed by atoms with van der Waals surface area (Å²) in [5.41, 5.74) is 0. The molecule has 0 saturated heterocycles. The Balaban J connectivity index is 0.000000385. The van der Waals surface area contributed by atoms with Crippen LogP contribution < -0.4 is 0 Å². The van der Waals surface area contributed by atoms with Gasteiger partial charge in [0.05, 0.1) is 17.5 Å². The third kappa shape index (κ3) is 10.5. The monoisotopic (exact) mass is 258 g/mol. The second kappa shape index (κ2) is 6.63. The van der Waals surface area contributed by atoms with Crippen molar-refractivity contribution in [1.29, 1.82) is 0 Å². The van der Waals surface area contributed by atoms with Crippen LogP contribution in [0.15, 0.2) is 12.2 Å². The minimum Gasteiger partial charge on any atom is -0.418 e. The molecule has 6 heteroatoms. The highest BCUT2D eigenvalue weighted by atomic mass is 31.1. The molecule has 16 heavy (non-hydrogen) atoms. The van der Waals surface area contributed by atoms with Crippen LogP contribution in [0.25, 0.3) is 0 Å². The first-order chi connectivity index (χ1) is 7.11. The Morgan fingerprint density at radius 1 is 0.938 bits per heavy atom. The predicted molar refractivity (Wildman–Crippen MR) is 66.4 cm³/mol. The Morgan fingerprint density at radius 2 is 1.25 bits per heavy atom. The summed E-state index contributed by atoms with van der Waals surface area (Å²) in [6.07, 6.45) is 10.4. The number of hydrogen-bond donors (Lipinski definition) is 0. The molecule has 0 aliphatic carbocycles. The van der Waals surface area contributed by atoms with Gasteiger partial charge in [0.25, 0.3) is 0 Å². The molecule has 0 bridgehead atoms. The Hall–Kier alpha value is -0.0451. The van der Waals surface area contributed by atoms with Gasteiger partial charge in [-0.3, -0.25) is 0 Å². The highest BCUT2D eigenvalue weighted by Gasteiger charge is 2.30. The average molecular weight is 258 g/mol. The van der Waals surface area contributed by atoms with Crippen LogP contribution in [0.3, 0.4) is 0 Å². The van der Waals surface area contributed by atoms with Gasteiger partial charge in [-0.1, -0.05) is 12.2 Å². The Labute approximate surface area is 96.4 Å². The van der Waals surface area contributed by atoms with Crippen molar-refractivity contribution in [2.24, 2.45) is 0 Å². The summed E-state index contributed by atoms with van der Waals surface area (Å²) in [5.74, 6) is 0. The zero-order chi connectivity index (χ0) is 12.8. The highest BCUT2D eigenvalue weighted by molar-refractivity contribution is 7.59.